The third kappa shape index (κ3) is 1.34. The first kappa shape index (κ1) is 15.0. The summed E-state index contributed by atoms with van der Waals surface area (Å²) in [6.07, 6.45) is -1.66. The molecule has 0 radical (unpaired) electrons. The van der Waals surface area contributed by atoms with E-state index in [4.69, 9.17) is 32.7 Å². The number of aliphatic hydroxyl groups excluding tert-OH is 1. The van der Waals surface area contributed by atoms with Gasteiger partial charge in [-0.05, 0) is 6.42 Å². The van der Waals surface area contributed by atoms with Gasteiger partial charge in [-0.15, -0.1) is 23.2 Å². The van der Waals surface area contributed by atoms with Crippen LogP contribution in [0.3, 0.4) is 0 Å². The lowest BCUT2D eigenvalue weighted by Gasteiger charge is -2.38. The van der Waals surface area contributed by atoms with Gasteiger partial charge in [-0.2, -0.15) is 0 Å². The maximum Gasteiger partial charge on any atom is 0.311 e. The first-order valence-electron chi connectivity index (χ1n) is 5.55. The van der Waals surface area contributed by atoms with E-state index in [2.05, 4.69) is 4.74 Å². The van der Waals surface area contributed by atoms with E-state index in [1.807, 2.05) is 0 Å². The summed E-state index contributed by atoms with van der Waals surface area (Å²) in [7, 11) is 3.68. The molecule has 0 unspecified atom stereocenters. The molecule has 8 heteroatoms. The summed E-state index contributed by atoms with van der Waals surface area (Å²) in [5, 5.41) is 10.0. The molecule has 2 aliphatic carbocycles. The molecule has 6 nitrogen and oxygen atoms in total. The molecule has 0 aliphatic heterocycles. The summed E-state index contributed by atoms with van der Waals surface area (Å²) in [5.74, 6) is -4.34. The molecular formula is C11H14Cl2O6. The molecule has 2 fully saturated rings. The lowest BCUT2D eigenvalue weighted by molar-refractivity contribution is -0.226. The van der Waals surface area contributed by atoms with Crippen molar-refractivity contribution in [2.24, 2.45) is 5.92 Å². The zero-order valence-electron chi connectivity index (χ0n) is 10.6. The van der Waals surface area contributed by atoms with Crippen molar-refractivity contribution >= 4 is 35.0 Å². The largest absolute Gasteiger partial charge is 0.469 e. The van der Waals surface area contributed by atoms with Gasteiger partial charge < -0.3 is 19.3 Å². The number of halogens is 2. The van der Waals surface area contributed by atoms with Crippen molar-refractivity contribution in [3.05, 3.63) is 0 Å². The van der Waals surface area contributed by atoms with Gasteiger partial charge in [-0.1, -0.05) is 0 Å². The highest BCUT2D eigenvalue weighted by Crippen LogP contribution is 2.66. The summed E-state index contributed by atoms with van der Waals surface area (Å²) in [6.45, 7) is 0. The molecule has 19 heavy (non-hydrogen) atoms. The number of hydrogen-bond acceptors (Lipinski definition) is 6. The lowest BCUT2D eigenvalue weighted by Crippen LogP contribution is -2.58. The molecule has 2 bridgehead atoms. The van der Waals surface area contributed by atoms with Crippen LogP contribution in [0.2, 0.25) is 0 Å². The molecule has 0 saturated heterocycles. The van der Waals surface area contributed by atoms with E-state index in [0.29, 0.717) is 0 Å². The number of ketones is 1. The monoisotopic (exact) mass is 312 g/mol. The molecule has 2 saturated carbocycles. The van der Waals surface area contributed by atoms with E-state index in [1.165, 1.54) is 21.3 Å². The molecule has 0 aromatic rings. The van der Waals surface area contributed by atoms with Crippen molar-refractivity contribution in [1.29, 1.82) is 0 Å². The first-order valence-corrected chi connectivity index (χ1v) is 6.30. The van der Waals surface area contributed by atoms with Crippen molar-refractivity contribution in [3.8, 4) is 0 Å². The maximum atomic E-state index is 12.2. The first-order chi connectivity index (χ1) is 8.76. The van der Waals surface area contributed by atoms with Crippen molar-refractivity contribution in [2.75, 3.05) is 21.3 Å². The number of Topliss-reactive ketones (excluding diaryl/α,β-unsaturated/α-hetero) is 1. The molecule has 2 rings (SSSR count). The number of ether oxygens (including phenoxy) is 3. The third-order valence-electron chi connectivity index (χ3n) is 4.11. The average Bonchev–Trinajstić information content (AvgIpc) is 2.69. The van der Waals surface area contributed by atoms with Gasteiger partial charge in [0.2, 0.25) is 5.79 Å². The lowest BCUT2D eigenvalue weighted by atomic mass is 9.85. The average molecular weight is 313 g/mol. The van der Waals surface area contributed by atoms with Gasteiger partial charge in [-0.25, -0.2) is 0 Å². The minimum atomic E-state index is -1.91. The predicted molar refractivity (Wildman–Crippen MR) is 65.1 cm³/mol. The third-order valence-corrected chi connectivity index (χ3v) is 5.42. The molecule has 0 aromatic heterocycles. The second-order valence-electron chi connectivity index (χ2n) is 4.65. The molecule has 0 spiro atoms. The molecule has 4 atom stereocenters. The van der Waals surface area contributed by atoms with E-state index >= 15 is 0 Å². The fraction of sp³-hybridized carbons (Fsp3) is 0.818. The van der Waals surface area contributed by atoms with E-state index in [9.17, 15) is 14.7 Å². The number of esters is 1. The predicted octanol–water partition coefficient (Wildman–Crippen LogP) is 0.0672. The van der Waals surface area contributed by atoms with Crippen molar-refractivity contribution in [3.63, 3.8) is 0 Å². The van der Waals surface area contributed by atoms with Gasteiger partial charge in [0.05, 0.1) is 13.0 Å². The Kier molecular flexibility index (Phi) is 3.39. The second kappa shape index (κ2) is 4.30. The van der Waals surface area contributed by atoms with Crippen molar-refractivity contribution < 1.29 is 28.9 Å². The van der Waals surface area contributed by atoms with Crippen LogP contribution in [0, 0.1) is 5.92 Å². The second-order valence-corrected chi connectivity index (χ2v) is 5.92. The highest BCUT2D eigenvalue weighted by molar-refractivity contribution is 6.44. The van der Waals surface area contributed by atoms with Crippen molar-refractivity contribution in [2.45, 2.75) is 28.1 Å². The molecule has 0 amide bonds. The Morgan fingerprint density at radius 2 is 1.84 bits per heavy atom. The van der Waals surface area contributed by atoms with Gasteiger partial charge in [0, 0.05) is 14.2 Å². The number of rotatable bonds is 3. The minimum Gasteiger partial charge on any atom is -0.469 e. The van der Waals surface area contributed by atoms with Crippen LogP contribution in [0.5, 0.6) is 0 Å². The highest BCUT2D eigenvalue weighted by Gasteiger charge is 2.87. The number of aliphatic hydroxyl groups is 1. The molecular weight excluding hydrogens is 299 g/mol. The fourth-order valence-corrected chi connectivity index (χ4v) is 4.44. The smallest absolute Gasteiger partial charge is 0.311 e. The summed E-state index contributed by atoms with van der Waals surface area (Å²) in [5.41, 5.74) is 0. The summed E-state index contributed by atoms with van der Waals surface area (Å²) in [4.78, 5) is 20.5. The zero-order valence-corrected chi connectivity index (χ0v) is 12.1. The Balaban J connectivity index is 2.65. The standard InChI is InChI=1S/C11H14Cl2O6/c1-17-8(16)5-4-9(12)6(14)7(15)10(5,13)11(9,18-2)19-3/h5-6,14H,4H2,1-3H3/t5-,6+,9-,10+/m1/s1. The van der Waals surface area contributed by atoms with Crippen LogP contribution >= 0.6 is 23.2 Å². The van der Waals surface area contributed by atoms with E-state index in [-0.39, 0.29) is 6.42 Å². The van der Waals surface area contributed by atoms with E-state index in [1.54, 1.807) is 0 Å². The van der Waals surface area contributed by atoms with Gasteiger partial charge in [-0.3, -0.25) is 9.59 Å². The van der Waals surface area contributed by atoms with Crippen LogP contribution in [0.4, 0.5) is 0 Å². The van der Waals surface area contributed by atoms with Gasteiger partial charge >= 0.3 is 5.97 Å². The minimum absolute atomic E-state index is 0.0840. The van der Waals surface area contributed by atoms with Crippen LogP contribution in [-0.2, 0) is 23.8 Å². The number of carbonyl (C=O) groups is 2. The number of fused-ring (bicyclic) bond motifs is 2. The highest BCUT2D eigenvalue weighted by atomic mass is 35.5. The van der Waals surface area contributed by atoms with Crippen LogP contribution in [0.25, 0.3) is 0 Å². The fourth-order valence-electron chi connectivity index (χ4n) is 3.24. The van der Waals surface area contributed by atoms with Gasteiger partial charge in [0.25, 0.3) is 0 Å². The van der Waals surface area contributed by atoms with Crippen LogP contribution in [0.15, 0.2) is 0 Å². The number of carbonyl (C=O) groups excluding carboxylic acids is 2. The summed E-state index contributed by atoms with van der Waals surface area (Å²) >= 11 is 12.7. The zero-order chi connectivity index (χ0) is 14.6. The van der Waals surface area contributed by atoms with Crippen LogP contribution in [0.1, 0.15) is 6.42 Å². The summed E-state index contributed by atoms with van der Waals surface area (Å²) in [6, 6.07) is 0. The van der Waals surface area contributed by atoms with Crippen molar-refractivity contribution in [1.82, 2.24) is 0 Å². The number of hydrogen-bond donors (Lipinski definition) is 1. The van der Waals surface area contributed by atoms with Gasteiger partial charge in [0.1, 0.15) is 11.0 Å². The van der Waals surface area contributed by atoms with Crippen LogP contribution < -0.4 is 0 Å². The molecule has 2 aliphatic rings. The maximum absolute atomic E-state index is 12.2. The Morgan fingerprint density at radius 1 is 1.32 bits per heavy atom. The SMILES string of the molecule is COC(=O)[C@H]1C[C@@]2(Cl)[C@@H](O)C(=O)[C@]1(Cl)C2(OC)OC. The van der Waals surface area contributed by atoms with E-state index < -0.39 is 39.3 Å². The molecule has 0 heterocycles. The van der Waals surface area contributed by atoms with E-state index in [0.717, 1.165) is 0 Å². The Hall–Kier alpha value is -0.400. The number of methoxy groups -OCH3 is 3. The topological polar surface area (TPSA) is 82.1 Å². The molecule has 0 aromatic carbocycles. The Bertz CT molecular complexity index is 437. The molecule has 1 N–H and O–H groups in total. The summed E-state index contributed by atoms with van der Waals surface area (Å²) < 4.78 is 15.1. The quantitative estimate of drug-likeness (QED) is 0.451. The number of alkyl halides is 2. The van der Waals surface area contributed by atoms with Gasteiger partial charge in [0.15, 0.2) is 10.7 Å². The Morgan fingerprint density at radius 3 is 2.21 bits per heavy atom. The normalized spacial score (nSPS) is 43.6. The molecule has 108 valence electrons. The van der Waals surface area contributed by atoms with Crippen LogP contribution in [-0.4, -0.2) is 59.8 Å². The Labute approximate surface area is 119 Å².